The van der Waals surface area contributed by atoms with Crippen LogP contribution in [0.3, 0.4) is 0 Å². The maximum Gasteiger partial charge on any atom is 0.143 e. The second-order valence-corrected chi connectivity index (χ2v) is 3.97. The number of hydrogen-bond donors (Lipinski definition) is 2. The fourth-order valence-corrected chi connectivity index (χ4v) is 1.63. The van der Waals surface area contributed by atoms with Crippen molar-refractivity contribution in [3.8, 4) is 11.5 Å². The summed E-state index contributed by atoms with van der Waals surface area (Å²) in [7, 11) is 0. The average molecular weight is 250 g/mol. The SMILES string of the molecule is Cc1cc(Cl)ccc1Oc1ccnc(NN)c1. The lowest BCUT2D eigenvalue weighted by Gasteiger charge is -2.09. The third kappa shape index (κ3) is 2.87. The Morgan fingerprint density at radius 1 is 1.29 bits per heavy atom. The molecule has 0 spiro atoms. The lowest BCUT2D eigenvalue weighted by atomic mass is 10.2. The average Bonchev–Trinajstić information content (AvgIpc) is 2.33. The van der Waals surface area contributed by atoms with Crippen molar-refractivity contribution in [2.45, 2.75) is 6.92 Å². The third-order valence-electron chi connectivity index (χ3n) is 2.24. The van der Waals surface area contributed by atoms with E-state index in [1.54, 1.807) is 24.4 Å². The van der Waals surface area contributed by atoms with E-state index in [2.05, 4.69) is 10.4 Å². The van der Waals surface area contributed by atoms with Crippen LogP contribution in [-0.4, -0.2) is 4.98 Å². The smallest absolute Gasteiger partial charge is 0.143 e. The minimum absolute atomic E-state index is 0.550. The molecular weight excluding hydrogens is 238 g/mol. The van der Waals surface area contributed by atoms with Crippen LogP contribution in [0.4, 0.5) is 5.82 Å². The zero-order valence-corrected chi connectivity index (χ0v) is 10.0. The summed E-state index contributed by atoms with van der Waals surface area (Å²) in [6.45, 7) is 1.94. The molecule has 2 aromatic rings. The molecule has 17 heavy (non-hydrogen) atoms. The number of rotatable bonds is 3. The highest BCUT2D eigenvalue weighted by molar-refractivity contribution is 6.30. The van der Waals surface area contributed by atoms with Crippen molar-refractivity contribution in [2.75, 3.05) is 5.43 Å². The molecule has 0 bridgehead atoms. The second kappa shape index (κ2) is 5.03. The van der Waals surface area contributed by atoms with Crippen LogP contribution < -0.4 is 16.0 Å². The molecule has 0 aliphatic carbocycles. The van der Waals surface area contributed by atoms with E-state index in [1.165, 1.54) is 0 Å². The molecule has 0 radical (unpaired) electrons. The lowest BCUT2D eigenvalue weighted by Crippen LogP contribution is -2.08. The minimum atomic E-state index is 0.550. The van der Waals surface area contributed by atoms with Crippen LogP contribution in [0.2, 0.25) is 5.02 Å². The van der Waals surface area contributed by atoms with Gasteiger partial charge in [0.1, 0.15) is 17.3 Å². The largest absolute Gasteiger partial charge is 0.457 e. The molecule has 5 heteroatoms. The van der Waals surface area contributed by atoms with Gasteiger partial charge < -0.3 is 10.2 Å². The standard InChI is InChI=1S/C12H12ClN3O/c1-8-6-9(13)2-3-11(8)17-10-4-5-15-12(7-10)16-14/h2-7H,14H2,1H3,(H,15,16). The van der Waals surface area contributed by atoms with Crippen LogP contribution in [0.5, 0.6) is 11.5 Å². The van der Waals surface area contributed by atoms with E-state index in [0.717, 1.165) is 11.3 Å². The molecule has 0 amide bonds. The summed E-state index contributed by atoms with van der Waals surface area (Å²) < 4.78 is 5.71. The molecule has 0 saturated carbocycles. The van der Waals surface area contributed by atoms with Gasteiger partial charge in [0.15, 0.2) is 0 Å². The predicted octanol–water partition coefficient (Wildman–Crippen LogP) is 3.12. The van der Waals surface area contributed by atoms with Gasteiger partial charge in [0.2, 0.25) is 0 Å². The van der Waals surface area contributed by atoms with E-state index in [-0.39, 0.29) is 0 Å². The number of aryl methyl sites for hydroxylation is 1. The van der Waals surface area contributed by atoms with Gasteiger partial charge in [-0.1, -0.05) is 11.6 Å². The fraction of sp³-hybridized carbons (Fsp3) is 0.0833. The first-order chi connectivity index (χ1) is 8.19. The number of anilines is 1. The van der Waals surface area contributed by atoms with Crippen LogP contribution >= 0.6 is 11.6 Å². The van der Waals surface area contributed by atoms with E-state index >= 15 is 0 Å². The molecule has 1 heterocycles. The number of nitrogen functional groups attached to an aromatic ring is 1. The Kier molecular flexibility index (Phi) is 3.46. The Balaban J connectivity index is 2.25. The van der Waals surface area contributed by atoms with Crippen molar-refractivity contribution in [1.29, 1.82) is 0 Å². The molecule has 4 nitrogen and oxygen atoms in total. The van der Waals surface area contributed by atoms with Gasteiger partial charge in [-0.15, -0.1) is 0 Å². The van der Waals surface area contributed by atoms with Crippen LogP contribution in [-0.2, 0) is 0 Å². The highest BCUT2D eigenvalue weighted by Gasteiger charge is 2.03. The molecule has 3 N–H and O–H groups in total. The van der Waals surface area contributed by atoms with Gasteiger partial charge in [-0.2, -0.15) is 0 Å². The summed E-state index contributed by atoms with van der Waals surface area (Å²) in [4.78, 5) is 4.00. The van der Waals surface area contributed by atoms with Crippen molar-refractivity contribution >= 4 is 17.4 Å². The zero-order valence-electron chi connectivity index (χ0n) is 9.27. The minimum Gasteiger partial charge on any atom is -0.457 e. The van der Waals surface area contributed by atoms with E-state index in [4.69, 9.17) is 22.2 Å². The van der Waals surface area contributed by atoms with Gasteiger partial charge in [0.25, 0.3) is 0 Å². The number of nitrogens with zero attached hydrogens (tertiary/aromatic N) is 1. The van der Waals surface area contributed by atoms with E-state index in [0.29, 0.717) is 16.6 Å². The number of nitrogens with two attached hydrogens (primary N) is 1. The van der Waals surface area contributed by atoms with E-state index < -0.39 is 0 Å². The number of ether oxygens (including phenoxy) is 1. The fourth-order valence-electron chi connectivity index (χ4n) is 1.41. The van der Waals surface area contributed by atoms with Crippen molar-refractivity contribution in [1.82, 2.24) is 4.98 Å². The molecule has 0 saturated heterocycles. The highest BCUT2D eigenvalue weighted by Crippen LogP contribution is 2.27. The number of benzene rings is 1. The molecule has 0 aliphatic rings. The van der Waals surface area contributed by atoms with Crippen molar-refractivity contribution in [3.63, 3.8) is 0 Å². The number of hydrogen-bond acceptors (Lipinski definition) is 4. The van der Waals surface area contributed by atoms with Crippen molar-refractivity contribution < 1.29 is 4.74 Å². The Morgan fingerprint density at radius 2 is 2.12 bits per heavy atom. The van der Waals surface area contributed by atoms with Gasteiger partial charge in [-0.25, -0.2) is 10.8 Å². The summed E-state index contributed by atoms with van der Waals surface area (Å²) >= 11 is 5.88. The first kappa shape index (κ1) is 11.7. The number of halogens is 1. The Labute approximate surface area is 104 Å². The maximum absolute atomic E-state index is 5.88. The molecule has 0 aliphatic heterocycles. The molecule has 0 atom stereocenters. The monoisotopic (exact) mass is 249 g/mol. The summed E-state index contributed by atoms with van der Waals surface area (Å²) in [5.74, 6) is 7.24. The summed E-state index contributed by atoms with van der Waals surface area (Å²) in [6, 6.07) is 8.93. The molecule has 0 fully saturated rings. The highest BCUT2D eigenvalue weighted by atomic mass is 35.5. The Bertz CT molecular complexity index is 531. The normalized spacial score (nSPS) is 10.1. The van der Waals surface area contributed by atoms with Crippen molar-refractivity contribution in [3.05, 3.63) is 47.1 Å². The number of hydrazine groups is 1. The predicted molar refractivity (Wildman–Crippen MR) is 68.3 cm³/mol. The molecule has 1 aromatic heterocycles. The van der Waals surface area contributed by atoms with Crippen LogP contribution in [0.25, 0.3) is 0 Å². The summed E-state index contributed by atoms with van der Waals surface area (Å²) in [6.07, 6.45) is 1.62. The zero-order chi connectivity index (χ0) is 12.3. The lowest BCUT2D eigenvalue weighted by molar-refractivity contribution is 0.478. The van der Waals surface area contributed by atoms with Gasteiger partial charge >= 0.3 is 0 Å². The van der Waals surface area contributed by atoms with Crippen LogP contribution in [0, 0.1) is 6.92 Å². The van der Waals surface area contributed by atoms with Gasteiger partial charge in [-0.05, 0) is 36.8 Å². The van der Waals surface area contributed by atoms with Crippen LogP contribution in [0.1, 0.15) is 5.56 Å². The first-order valence-corrected chi connectivity index (χ1v) is 5.43. The maximum atomic E-state index is 5.88. The van der Waals surface area contributed by atoms with E-state index in [9.17, 15) is 0 Å². The second-order valence-electron chi connectivity index (χ2n) is 3.53. The topological polar surface area (TPSA) is 60.2 Å². The quantitative estimate of drug-likeness (QED) is 0.648. The van der Waals surface area contributed by atoms with Gasteiger partial charge in [0, 0.05) is 17.3 Å². The molecule has 2 rings (SSSR count). The summed E-state index contributed by atoms with van der Waals surface area (Å²) in [5, 5.41) is 0.689. The number of nitrogens with one attached hydrogen (secondary N) is 1. The molecule has 1 aromatic carbocycles. The third-order valence-corrected chi connectivity index (χ3v) is 2.48. The first-order valence-electron chi connectivity index (χ1n) is 5.06. The summed E-state index contributed by atoms with van der Waals surface area (Å²) in [5.41, 5.74) is 3.43. The molecular formula is C12H12ClN3O. The van der Waals surface area contributed by atoms with Gasteiger partial charge in [-0.3, -0.25) is 0 Å². The van der Waals surface area contributed by atoms with Crippen molar-refractivity contribution in [2.24, 2.45) is 5.84 Å². The number of pyridine rings is 1. The molecule has 0 unspecified atom stereocenters. The van der Waals surface area contributed by atoms with Gasteiger partial charge in [0.05, 0.1) is 0 Å². The Hall–Kier alpha value is -1.78. The molecule has 88 valence electrons. The number of aromatic nitrogens is 1. The Morgan fingerprint density at radius 3 is 2.82 bits per heavy atom. The van der Waals surface area contributed by atoms with Crippen LogP contribution in [0.15, 0.2) is 36.5 Å². The van der Waals surface area contributed by atoms with E-state index in [1.807, 2.05) is 19.1 Å².